The predicted molar refractivity (Wildman–Crippen MR) is 48.8 cm³/mol. The van der Waals surface area contributed by atoms with Crippen LogP contribution in [0.1, 0.15) is 38.5 Å². The Morgan fingerprint density at radius 1 is 0.917 bits per heavy atom. The summed E-state index contributed by atoms with van der Waals surface area (Å²) in [5.41, 5.74) is 0.717. The maximum Gasteiger partial charge on any atom is 0.0967 e. The van der Waals surface area contributed by atoms with Crippen molar-refractivity contribution in [1.82, 2.24) is 0 Å². The quantitative estimate of drug-likeness (QED) is 0.602. The van der Waals surface area contributed by atoms with Crippen molar-refractivity contribution in [3.05, 3.63) is 0 Å². The van der Waals surface area contributed by atoms with Crippen LogP contribution in [-0.2, 0) is 0 Å². The Balaban J connectivity index is 1.90. The minimum Gasteiger partial charge on any atom is -0.344 e. The highest BCUT2D eigenvalue weighted by Gasteiger charge is 2.52. The van der Waals surface area contributed by atoms with E-state index in [1.807, 2.05) is 0 Å². The lowest BCUT2D eigenvalue weighted by Gasteiger charge is -2.54. The third-order valence-corrected chi connectivity index (χ3v) is 4.70. The van der Waals surface area contributed by atoms with Gasteiger partial charge in [-0.25, -0.2) is 0 Å². The second-order valence-corrected chi connectivity index (χ2v) is 5.57. The zero-order chi connectivity index (χ0) is 8.18. The normalized spacial score (nSPS) is 56.2. The minimum absolute atomic E-state index is 0.717. The molecule has 4 rings (SSSR count). The highest BCUT2D eigenvalue weighted by atomic mass is 15.0. The molecule has 0 unspecified atom stereocenters. The lowest BCUT2D eigenvalue weighted by atomic mass is 9.53. The molecule has 0 aliphatic heterocycles. The van der Waals surface area contributed by atoms with Gasteiger partial charge in [-0.1, -0.05) is 0 Å². The van der Waals surface area contributed by atoms with E-state index >= 15 is 0 Å². The second kappa shape index (κ2) is 2.25. The van der Waals surface area contributed by atoms with Gasteiger partial charge in [-0.15, -0.1) is 0 Å². The summed E-state index contributed by atoms with van der Waals surface area (Å²) in [5, 5.41) is 2.54. The Morgan fingerprint density at radius 2 is 1.33 bits per heavy atom. The van der Waals surface area contributed by atoms with Crippen molar-refractivity contribution >= 4 is 0 Å². The van der Waals surface area contributed by atoms with E-state index in [1.54, 1.807) is 19.3 Å². The smallest absolute Gasteiger partial charge is 0.0967 e. The second-order valence-electron chi connectivity index (χ2n) is 5.57. The number of rotatable bonds is 1. The maximum atomic E-state index is 2.54. The molecule has 0 heterocycles. The van der Waals surface area contributed by atoms with Crippen molar-refractivity contribution in [3.8, 4) is 0 Å². The standard InChI is InChI=1S/C11H19N/c1-12-11-5-8-2-9(6-11)4-10(3-8)7-11/h8-10,12H,2-7H2,1H3/p+1. The van der Waals surface area contributed by atoms with E-state index < -0.39 is 0 Å². The molecule has 0 atom stereocenters. The third-order valence-electron chi connectivity index (χ3n) is 4.70. The lowest BCUT2D eigenvalue weighted by molar-refractivity contribution is -0.716. The van der Waals surface area contributed by atoms with Crippen LogP contribution in [0.25, 0.3) is 0 Å². The first-order valence-electron chi connectivity index (χ1n) is 5.60. The van der Waals surface area contributed by atoms with Gasteiger partial charge in [0.1, 0.15) is 0 Å². The summed E-state index contributed by atoms with van der Waals surface area (Å²) in [4.78, 5) is 0. The van der Waals surface area contributed by atoms with Gasteiger partial charge in [-0.05, 0) is 37.0 Å². The maximum absolute atomic E-state index is 2.54. The molecule has 4 aliphatic rings. The topological polar surface area (TPSA) is 16.6 Å². The molecular weight excluding hydrogens is 146 g/mol. The average molecular weight is 166 g/mol. The van der Waals surface area contributed by atoms with Crippen molar-refractivity contribution < 1.29 is 5.32 Å². The van der Waals surface area contributed by atoms with Crippen LogP contribution in [-0.4, -0.2) is 12.6 Å². The molecule has 4 aliphatic carbocycles. The largest absolute Gasteiger partial charge is 0.344 e. The molecule has 12 heavy (non-hydrogen) atoms. The van der Waals surface area contributed by atoms with Gasteiger partial charge in [-0.3, -0.25) is 0 Å². The van der Waals surface area contributed by atoms with Gasteiger partial charge >= 0.3 is 0 Å². The average Bonchev–Trinajstić information content (AvgIpc) is 2.02. The van der Waals surface area contributed by atoms with Crippen molar-refractivity contribution in [2.45, 2.75) is 44.1 Å². The molecule has 0 aromatic heterocycles. The van der Waals surface area contributed by atoms with E-state index in [0.717, 1.165) is 23.3 Å². The van der Waals surface area contributed by atoms with Crippen LogP contribution < -0.4 is 5.32 Å². The molecule has 4 bridgehead atoms. The third kappa shape index (κ3) is 0.891. The Hall–Kier alpha value is -0.0400. The van der Waals surface area contributed by atoms with Gasteiger partial charge in [-0.2, -0.15) is 0 Å². The minimum atomic E-state index is 0.717. The molecule has 0 aromatic rings. The van der Waals surface area contributed by atoms with Gasteiger partial charge in [0.2, 0.25) is 0 Å². The summed E-state index contributed by atoms with van der Waals surface area (Å²) in [6.07, 6.45) is 9.34. The van der Waals surface area contributed by atoms with E-state index in [-0.39, 0.29) is 0 Å². The fourth-order valence-corrected chi connectivity index (χ4v) is 4.53. The van der Waals surface area contributed by atoms with Gasteiger partial charge in [0, 0.05) is 19.3 Å². The van der Waals surface area contributed by atoms with E-state index in [2.05, 4.69) is 12.4 Å². The van der Waals surface area contributed by atoms with E-state index in [0.29, 0.717) is 0 Å². The molecule has 1 heteroatoms. The summed E-state index contributed by atoms with van der Waals surface area (Å²) in [6, 6.07) is 0. The van der Waals surface area contributed by atoms with Crippen molar-refractivity contribution in [2.24, 2.45) is 17.8 Å². The summed E-state index contributed by atoms with van der Waals surface area (Å²) in [5.74, 6) is 3.35. The van der Waals surface area contributed by atoms with Gasteiger partial charge in [0.05, 0.1) is 12.6 Å². The number of hydrogen-bond acceptors (Lipinski definition) is 0. The fourth-order valence-electron chi connectivity index (χ4n) is 4.53. The summed E-state index contributed by atoms with van der Waals surface area (Å²) in [7, 11) is 2.30. The van der Waals surface area contributed by atoms with E-state index in [1.165, 1.54) is 19.3 Å². The molecule has 4 fully saturated rings. The Kier molecular flexibility index (Phi) is 1.39. The molecule has 0 radical (unpaired) electrons. The van der Waals surface area contributed by atoms with E-state index in [4.69, 9.17) is 0 Å². The van der Waals surface area contributed by atoms with Crippen molar-refractivity contribution in [1.29, 1.82) is 0 Å². The molecular formula is C11H20N+. The zero-order valence-corrected chi connectivity index (χ0v) is 8.05. The van der Waals surface area contributed by atoms with Crippen LogP contribution >= 0.6 is 0 Å². The van der Waals surface area contributed by atoms with Crippen LogP contribution in [0, 0.1) is 17.8 Å². The lowest BCUT2D eigenvalue weighted by Crippen LogP contribution is -2.96. The molecule has 0 saturated heterocycles. The highest BCUT2D eigenvalue weighted by molar-refractivity contribution is 5.01. The Morgan fingerprint density at radius 3 is 1.67 bits per heavy atom. The fraction of sp³-hybridized carbons (Fsp3) is 1.00. The molecule has 1 nitrogen and oxygen atoms in total. The first-order valence-corrected chi connectivity index (χ1v) is 5.60. The van der Waals surface area contributed by atoms with E-state index in [9.17, 15) is 0 Å². The van der Waals surface area contributed by atoms with Crippen molar-refractivity contribution in [2.75, 3.05) is 7.05 Å². The SMILES string of the molecule is C[NH2+]C12CC3CC(CC(C3)C1)C2. The highest BCUT2D eigenvalue weighted by Crippen LogP contribution is 2.53. The Bertz CT molecular complexity index is 162. The van der Waals surface area contributed by atoms with Crippen LogP contribution in [0.2, 0.25) is 0 Å². The predicted octanol–water partition coefficient (Wildman–Crippen LogP) is 1.15. The summed E-state index contributed by atoms with van der Waals surface area (Å²) >= 11 is 0. The molecule has 0 spiro atoms. The Labute approximate surface area is 74.9 Å². The number of quaternary nitrogens is 1. The van der Waals surface area contributed by atoms with Crippen LogP contribution in [0.15, 0.2) is 0 Å². The number of hydrogen-bond donors (Lipinski definition) is 1. The zero-order valence-electron chi connectivity index (χ0n) is 8.05. The first kappa shape index (κ1) is 7.37. The van der Waals surface area contributed by atoms with Crippen LogP contribution in [0.4, 0.5) is 0 Å². The molecule has 4 saturated carbocycles. The molecule has 68 valence electrons. The van der Waals surface area contributed by atoms with Gasteiger partial charge in [0.15, 0.2) is 0 Å². The van der Waals surface area contributed by atoms with Crippen molar-refractivity contribution in [3.63, 3.8) is 0 Å². The van der Waals surface area contributed by atoms with Gasteiger partial charge in [0.25, 0.3) is 0 Å². The van der Waals surface area contributed by atoms with Crippen LogP contribution in [0.5, 0.6) is 0 Å². The first-order chi connectivity index (χ1) is 5.80. The monoisotopic (exact) mass is 166 g/mol. The summed E-state index contributed by atoms with van der Waals surface area (Å²) < 4.78 is 0. The van der Waals surface area contributed by atoms with Crippen LogP contribution in [0.3, 0.4) is 0 Å². The van der Waals surface area contributed by atoms with Gasteiger partial charge < -0.3 is 5.32 Å². The molecule has 2 N–H and O–H groups in total. The molecule has 0 amide bonds. The number of nitrogens with two attached hydrogens (primary N) is 1. The summed E-state index contributed by atoms with van der Waals surface area (Å²) in [6.45, 7) is 0. The molecule has 0 aromatic carbocycles.